The zero-order valence-corrected chi connectivity index (χ0v) is 17.8. The summed E-state index contributed by atoms with van der Waals surface area (Å²) in [5, 5.41) is 7.73. The molecule has 4 aromatic rings. The standard InChI is InChI=1S/C24H20N2O4S/c1-28-16-10-7-15(8-11-16)9-12-23(27)26-24(31)25-19-14-21-18(13-22(19)29-2)17-5-3-4-6-20(17)30-21/h3-14H,1-2H3,(H2,25,26,27,31)/b12-9+. The smallest absolute Gasteiger partial charge is 0.250 e. The van der Waals surface area contributed by atoms with E-state index in [4.69, 9.17) is 26.1 Å². The quantitative estimate of drug-likeness (QED) is 0.337. The van der Waals surface area contributed by atoms with Crippen LogP contribution in [0.15, 0.2) is 71.2 Å². The largest absolute Gasteiger partial charge is 0.497 e. The minimum absolute atomic E-state index is 0.151. The minimum Gasteiger partial charge on any atom is -0.497 e. The number of carbonyl (C=O) groups excluding carboxylic acids is 1. The molecule has 7 heteroatoms. The van der Waals surface area contributed by atoms with Crippen molar-refractivity contribution in [3.63, 3.8) is 0 Å². The van der Waals surface area contributed by atoms with Gasteiger partial charge < -0.3 is 19.2 Å². The summed E-state index contributed by atoms with van der Waals surface area (Å²) >= 11 is 5.29. The number of hydrogen-bond acceptors (Lipinski definition) is 5. The van der Waals surface area contributed by atoms with Crippen LogP contribution < -0.4 is 20.1 Å². The highest BCUT2D eigenvalue weighted by molar-refractivity contribution is 7.80. The Hall–Kier alpha value is -3.84. The third kappa shape index (κ3) is 4.51. The maximum atomic E-state index is 12.2. The van der Waals surface area contributed by atoms with Gasteiger partial charge in [-0.05, 0) is 48.1 Å². The Morgan fingerprint density at radius 2 is 1.74 bits per heavy atom. The van der Waals surface area contributed by atoms with Gasteiger partial charge in [0.15, 0.2) is 5.11 Å². The topological polar surface area (TPSA) is 72.7 Å². The van der Waals surface area contributed by atoms with E-state index in [1.165, 1.54) is 6.08 Å². The minimum atomic E-state index is -0.350. The van der Waals surface area contributed by atoms with Gasteiger partial charge in [-0.15, -0.1) is 0 Å². The van der Waals surface area contributed by atoms with Gasteiger partial charge in [-0.2, -0.15) is 0 Å². The highest BCUT2D eigenvalue weighted by Gasteiger charge is 2.13. The first-order valence-corrected chi connectivity index (χ1v) is 9.91. The third-order valence-electron chi connectivity index (χ3n) is 4.73. The number of fused-ring (bicyclic) bond motifs is 3. The van der Waals surface area contributed by atoms with Crippen LogP contribution in [-0.2, 0) is 4.79 Å². The molecule has 0 unspecified atom stereocenters. The van der Waals surface area contributed by atoms with Crippen molar-refractivity contribution < 1.29 is 18.7 Å². The third-order valence-corrected chi connectivity index (χ3v) is 4.93. The van der Waals surface area contributed by atoms with Crippen LogP contribution in [0.2, 0.25) is 0 Å². The molecule has 1 aromatic heterocycles. The summed E-state index contributed by atoms with van der Waals surface area (Å²) in [7, 11) is 3.18. The Morgan fingerprint density at radius 1 is 0.968 bits per heavy atom. The van der Waals surface area contributed by atoms with E-state index in [2.05, 4.69) is 10.6 Å². The molecule has 3 aromatic carbocycles. The molecule has 6 nitrogen and oxygen atoms in total. The number of nitrogens with one attached hydrogen (secondary N) is 2. The molecule has 4 rings (SSSR count). The Morgan fingerprint density at radius 3 is 2.48 bits per heavy atom. The molecule has 0 saturated carbocycles. The summed E-state index contributed by atoms with van der Waals surface area (Å²) in [6.45, 7) is 0. The van der Waals surface area contributed by atoms with Gasteiger partial charge in [0.05, 0.1) is 19.9 Å². The first-order chi connectivity index (χ1) is 15.1. The first-order valence-electron chi connectivity index (χ1n) is 9.51. The van der Waals surface area contributed by atoms with E-state index in [1.54, 1.807) is 26.4 Å². The molecule has 0 bridgehead atoms. The molecule has 0 aliphatic carbocycles. The monoisotopic (exact) mass is 432 g/mol. The SMILES string of the molecule is COc1ccc(/C=C/C(=O)NC(=S)Nc2cc3oc4ccccc4c3cc2OC)cc1. The van der Waals surface area contributed by atoms with Crippen LogP contribution in [-0.4, -0.2) is 25.2 Å². The van der Waals surface area contributed by atoms with Gasteiger partial charge in [0.1, 0.15) is 22.7 Å². The number of methoxy groups -OCH3 is 2. The number of thiocarbonyl (C=S) groups is 1. The average Bonchev–Trinajstić information content (AvgIpc) is 3.14. The van der Waals surface area contributed by atoms with Crippen molar-refractivity contribution in [2.24, 2.45) is 0 Å². The second kappa shape index (κ2) is 8.89. The number of hydrogen-bond donors (Lipinski definition) is 2. The van der Waals surface area contributed by atoms with Gasteiger partial charge >= 0.3 is 0 Å². The Balaban J connectivity index is 1.47. The Bertz CT molecular complexity index is 1290. The molecule has 0 spiro atoms. The molecule has 2 N–H and O–H groups in total. The molecule has 0 atom stereocenters. The van der Waals surface area contributed by atoms with Crippen LogP contribution in [0.25, 0.3) is 28.0 Å². The summed E-state index contributed by atoms with van der Waals surface area (Å²) in [6, 6.07) is 18.8. The fourth-order valence-corrected chi connectivity index (χ4v) is 3.42. The maximum Gasteiger partial charge on any atom is 0.250 e. The maximum absolute atomic E-state index is 12.2. The fraction of sp³-hybridized carbons (Fsp3) is 0.0833. The number of rotatable bonds is 5. The Labute approximate surface area is 184 Å². The van der Waals surface area contributed by atoms with Crippen molar-refractivity contribution >= 4 is 56.9 Å². The zero-order chi connectivity index (χ0) is 21.8. The molecule has 31 heavy (non-hydrogen) atoms. The van der Waals surface area contributed by atoms with E-state index < -0.39 is 0 Å². The van der Waals surface area contributed by atoms with E-state index >= 15 is 0 Å². The van der Waals surface area contributed by atoms with E-state index in [1.807, 2.05) is 54.6 Å². The average molecular weight is 433 g/mol. The van der Waals surface area contributed by atoms with Crippen molar-refractivity contribution in [2.75, 3.05) is 19.5 Å². The zero-order valence-electron chi connectivity index (χ0n) is 17.0. The van der Waals surface area contributed by atoms with Crippen LogP contribution in [0.5, 0.6) is 11.5 Å². The van der Waals surface area contributed by atoms with Gasteiger partial charge in [0.25, 0.3) is 0 Å². The summed E-state index contributed by atoms with van der Waals surface area (Å²) < 4.78 is 16.5. The lowest BCUT2D eigenvalue weighted by molar-refractivity contribution is -0.115. The molecular weight excluding hydrogens is 412 g/mol. The lowest BCUT2D eigenvalue weighted by Gasteiger charge is -2.12. The van der Waals surface area contributed by atoms with Gasteiger partial charge in [-0.1, -0.05) is 30.3 Å². The normalized spacial score (nSPS) is 11.0. The van der Waals surface area contributed by atoms with Crippen molar-refractivity contribution in [1.29, 1.82) is 0 Å². The molecule has 1 heterocycles. The summed E-state index contributed by atoms with van der Waals surface area (Å²) in [6.07, 6.45) is 3.11. The van der Waals surface area contributed by atoms with Crippen LogP contribution in [0.3, 0.4) is 0 Å². The molecular formula is C24H20N2O4S. The van der Waals surface area contributed by atoms with Gasteiger partial charge in [-0.3, -0.25) is 10.1 Å². The molecule has 0 aliphatic heterocycles. The van der Waals surface area contributed by atoms with Crippen LogP contribution in [0, 0.1) is 0 Å². The van der Waals surface area contributed by atoms with Crippen molar-refractivity contribution in [3.05, 3.63) is 72.3 Å². The number of anilines is 1. The number of ether oxygens (including phenoxy) is 2. The fourth-order valence-electron chi connectivity index (χ4n) is 3.21. The predicted octanol–water partition coefficient (Wildman–Crippen LogP) is 5.13. The number of furan rings is 1. The highest BCUT2D eigenvalue weighted by Crippen LogP contribution is 2.36. The van der Waals surface area contributed by atoms with Crippen LogP contribution in [0.4, 0.5) is 5.69 Å². The molecule has 156 valence electrons. The Kier molecular flexibility index (Phi) is 5.86. The van der Waals surface area contributed by atoms with Crippen molar-refractivity contribution in [3.8, 4) is 11.5 Å². The molecule has 1 amide bonds. The van der Waals surface area contributed by atoms with Crippen molar-refractivity contribution in [1.82, 2.24) is 5.32 Å². The number of carbonyl (C=O) groups is 1. The highest BCUT2D eigenvalue weighted by atomic mass is 32.1. The lowest BCUT2D eigenvalue weighted by atomic mass is 10.1. The predicted molar refractivity (Wildman–Crippen MR) is 127 cm³/mol. The summed E-state index contributed by atoms with van der Waals surface area (Å²) in [5.41, 5.74) is 2.94. The van der Waals surface area contributed by atoms with Gasteiger partial charge in [-0.25, -0.2) is 0 Å². The summed E-state index contributed by atoms with van der Waals surface area (Å²) in [5.74, 6) is 0.990. The van der Waals surface area contributed by atoms with E-state index in [-0.39, 0.29) is 11.0 Å². The second-order valence-electron chi connectivity index (χ2n) is 6.70. The molecule has 0 fully saturated rings. The van der Waals surface area contributed by atoms with E-state index in [9.17, 15) is 4.79 Å². The van der Waals surface area contributed by atoms with Crippen LogP contribution in [0.1, 0.15) is 5.56 Å². The first kappa shape index (κ1) is 20.4. The molecule has 0 radical (unpaired) electrons. The number of para-hydroxylation sites is 1. The van der Waals surface area contributed by atoms with Gasteiger partial charge in [0, 0.05) is 22.9 Å². The van der Waals surface area contributed by atoms with E-state index in [0.29, 0.717) is 17.0 Å². The van der Waals surface area contributed by atoms with Crippen LogP contribution >= 0.6 is 12.2 Å². The summed E-state index contributed by atoms with van der Waals surface area (Å²) in [4.78, 5) is 12.2. The number of amides is 1. The molecule has 0 aliphatic rings. The number of benzene rings is 3. The van der Waals surface area contributed by atoms with E-state index in [0.717, 1.165) is 27.7 Å². The second-order valence-corrected chi connectivity index (χ2v) is 7.10. The van der Waals surface area contributed by atoms with Crippen molar-refractivity contribution in [2.45, 2.75) is 0 Å². The van der Waals surface area contributed by atoms with Gasteiger partial charge in [0.2, 0.25) is 5.91 Å². The lowest BCUT2D eigenvalue weighted by Crippen LogP contribution is -2.32. The molecule has 0 saturated heterocycles.